The minimum atomic E-state index is -2.06. The van der Waals surface area contributed by atoms with Gasteiger partial charge in [-0.05, 0) is 59.6 Å². The standard InChI is InChI=1S/C28H25BNO3P/c31-28(30-23-17-16-22-21-33-29(32)27(22)20-23)18-19-34(24-10-4-1-5-11-24,25-12-6-2-7-13-25)26-14-8-3-9-15-26/h1-17,20,32H,18-19,21H2/p+1. The van der Waals surface area contributed by atoms with Crippen molar-refractivity contribution in [3.05, 3.63) is 115 Å². The molecule has 1 aliphatic rings. The van der Waals surface area contributed by atoms with E-state index in [2.05, 4.69) is 78.1 Å². The van der Waals surface area contributed by atoms with E-state index in [0.717, 1.165) is 11.0 Å². The van der Waals surface area contributed by atoms with Crippen molar-refractivity contribution >= 4 is 47.4 Å². The molecule has 168 valence electrons. The highest BCUT2D eigenvalue weighted by molar-refractivity contribution is 7.95. The summed E-state index contributed by atoms with van der Waals surface area (Å²) in [5, 5.41) is 16.8. The maximum absolute atomic E-state index is 13.1. The Morgan fingerprint density at radius 3 is 1.88 bits per heavy atom. The van der Waals surface area contributed by atoms with Crippen LogP contribution in [0.15, 0.2) is 109 Å². The van der Waals surface area contributed by atoms with Crippen molar-refractivity contribution in [2.75, 3.05) is 11.5 Å². The lowest BCUT2D eigenvalue weighted by molar-refractivity contribution is -0.115. The lowest BCUT2D eigenvalue weighted by Crippen LogP contribution is -2.34. The highest BCUT2D eigenvalue weighted by Gasteiger charge is 2.45. The van der Waals surface area contributed by atoms with Gasteiger partial charge in [0.05, 0.1) is 19.2 Å². The molecule has 0 aliphatic carbocycles. The fourth-order valence-electron chi connectivity index (χ4n) is 4.67. The van der Waals surface area contributed by atoms with Gasteiger partial charge in [0, 0.05) is 5.69 Å². The van der Waals surface area contributed by atoms with Gasteiger partial charge in [0.15, 0.2) is 0 Å². The van der Waals surface area contributed by atoms with Gasteiger partial charge >= 0.3 is 7.12 Å². The minimum absolute atomic E-state index is 0.0412. The van der Waals surface area contributed by atoms with Crippen molar-refractivity contribution in [1.29, 1.82) is 0 Å². The number of hydrogen-bond acceptors (Lipinski definition) is 3. The second kappa shape index (κ2) is 9.94. The SMILES string of the molecule is O=C(CC[P+](c1ccccc1)(c1ccccc1)c1ccccc1)Nc1ccc2c(c1)B(O)OC2. The molecular formula is C28H26BNO3P+. The summed E-state index contributed by atoms with van der Waals surface area (Å²) in [6.07, 6.45) is 1.09. The van der Waals surface area contributed by atoms with Gasteiger partial charge in [0.2, 0.25) is 5.91 Å². The molecule has 0 aromatic heterocycles. The molecule has 1 amide bonds. The summed E-state index contributed by atoms with van der Waals surface area (Å²) in [4.78, 5) is 13.1. The number of benzene rings is 4. The Morgan fingerprint density at radius 1 is 0.824 bits per heavy atom. The third-order valence-corrected chi connectivity index (χ3v) is 10.8. The van der Waals surface area contributed by atoms with Crippen LogP contribution in [0.2, 0.25) is 0 Å². The first-order valence-electron chi connectivity index (χ1n) is 11.4. The lowest BCUT2D eigenvalue weighted by Gasteiger charge is -2.27. The second-order valence-corrected chi connectivity index (χ2v) is 12.0. The van der Waals surface area contributed by atoms with Crippen molar-refractivity contribution in [2.45, 2.75) is 13.0 Å². The first kappa shape index (κ1) is 22.6. The molecule has 0 spiro atoms. The van der Waals surface area contributed by atoms with Crippen molar-refractivity contribution in [2.24, 2.45) is 0 Å². The van der Waals surface area contributed by atoms with E-state index in [9.17, 15) is 9.82 Å². The van der Waals surface area contributed by atoms with Crippen LogP contribution in [-0.4, -0.2) is 24.2 Å². The van der Waals surface area contributed by atoms with Crippen molar-refractivity contribution in [1.82, 2.24) is 0 Å². The molecule has 0 radical (unpaired) electrons. The van der Waals surface area contributed by atoms with Crippen LogP contribution in [0.5, 0.6) is 0 Å². The van der Waals surface area contributed by atoms with E-state index < -0.39 is 14.4 Å². The Bertz CT molecular complexity index is 1170. The van der Waals surface area contributed by atoms with Gasteiger partial charge < -0.3 is 15.0 Å². The van der Waals surface area contributed by atoms with E-state index in [0.29, 0.717) is 24.9 Å². The largest absolute Gasteiger partial charge is 0.491 e. The number of fused-ring (bicyclic) bond motifs is 1. The number of carbonyl (C=O) groups excluding carboxylic acids is 1. The van der Waals surface area contributed by atoms with Crippen molar-refractivity contribution in [3.8, 4) is 0 Å². The predicted octanol–water partition coefficient (Wildman–Crippen LogP) is 3.23. The van der Waals surface area contributed by atoms with Crippen LogP contribution in [-0.2, 0) is 16.1 Å². The van der Waals surface area contributed by atoms with E-state index >= 15 is 0 Å². The van der Waals surface area contributed by atoms with Crippen LogP contribution in [0.4, 0.5) is 5.69 Å². The summed E-state index contributed by atoms with van der Waals surface area (Å²) in [6, 6.07) is 37.3. The number of anilines is 1. The zero-order chi connectivity index (χ0) is 23.4. The van der Waals surface area contributed by atoms with E-state index in [4.69, 9.17) is 4.65 Å². The van der Waals surface area contributed by atoms with E-state index in [1.807, 2.05) is 30.3 Å². The van der Waals surface area contributed by atoms with Gasteiger partial charge in [-0.25, -0.2) is 0 Å². The van der Waals surface area contributed by atoms with Gasteiger partial charge in [0.25, 0.3) is 0 Å². The number of carbonyl (C=O) groups is 1. The molecule has 5 rings (SSSR count). The average molecular weight is 466 g/mol. The Balaban J connectivity index is 1.47. The van der Waals surface area contributed by atoms with E-state index in [1.54, 1.807) is 6.07 Å². The second-order valence-electron chi connectivity index (χ2n) is 8.42. The zero-order valence-corrected chi connectivity index (χ0v) is 19.7. The van der Waals surface area contributed by atoms with Crippen LogP contribution >= 0.6 is 7.26 Å². The summed E-state index contributed by atoms with van der Waals surface area (Å²) in [5.41, 5.74) is 2.35. The van der Waals surface area contributed by atoms with Crippen LogP contribution in [0.1, 0.15) is 12.0 Å². The number of hydrogen-bond donors (Lipinski definition) is 2. The fourth-order valence-corrected chi connectivity index (χ4v) is 8.92. The quantitative estimate of drug-likeness (QED) is 0.325. The molecule has 0 saturated heterocycles. The highest BCUT2D eigenvalue weighted by Crippen LogP contribution is 2.55. The third-order valence-electron chi connectivity index (χ3n) is 6.36. The fraction of sp³-hybridized carbons (Fsp3) is 0.107. The van der Waals surface area contributed by atoms with E-state index in [1.165, 1.54) is 15.9 Å². The smallest absolute Gasteiger partial charge is 0.423 e. The topological polar surface area (TPSA) is 58.6 Å². The van der Waals surface area contributed by atoms with Crippen LogP contribution in [0.3, 0.4) is 0 Å². The van der Waals surface area contributed by atoms with Gasteiger partial charge in [-0.3, -0.25) is 4.79 Å². The Kier molecular flexibility index (Phi) is 6.60. The molecule has 6 heteroatoms. The normalized spacial score (nSPS) is 12.9. The summed E-state index contributed by atoms with van der Waals surface area (Å²) in [7, 11) is -2.99. The molecule has 4 aromatic carbocycles. The molecule has 0 atom stereocenters. The van der Waals surface area contributed by atoms with Gasteiger partial charge in [-0.1, -0.05) is 60.7 Å². The number of amides is 1. The Hall–Kier alpha value is -3.24. The molecule has 0 unspecified atom stereocenters. The van der Waals surface area contributed by atoms with Gasteiger partial charge in [0.1, 0.15) is 23.2 Å². The summed E-state index contributed by atoms with van der Waals surface area (Å²) in [6.45, 7) is 0.392. The monoisotopic (exact) mass is 466 g/mol. The molecule has 4 aromatic rings. The van der Waals surface area contributed by atoms with Gasteiger partial charge in [-0.15, -0.1) is 0 Å². The zero-order valence-electron chi connectivity index (χ0n) is 18.8. The molecule has 0 fully saturated rings. The van der Waals surface area contributed by atoms with Crippen molar-refractivity contribution < 1.29 is 14.5 Å². The summed E-state index contributed by atoms with van der Waals surface area (Å²) < 4.78 is 5.27. The first-order chi connectivity index (χ1) is 16.7. The number of nitrogens with one attached hydrogen (secondary N) is 1. The van der Waals surface area contributed by atoms with Crippen LogP contribution < -0.4 is 26.7 Å². The summed E-state index contributed by atoms with van der Waals surface area (Å²) >= 11 is 0. The molecule has 4 nitrogen and oxygen atoms in total. The maximum Gasteiger partial charge on any atom is 0.491 e. The third kappa shape index (κ3) is 4.43. The molecular weight excluding hydrogens is 440 g/mol. The molecule has 1 aliphatic heterocycles. The number of rotatable bonds is 7. The predicted molar refractivity (Wildman–Crippen MR) is 142 cm³/mol. The lowest BCUT2D eigenvalue weighted by atomic mass is 9.79. The molecule has 1 heterocycles. The molecule has 34 heavy (non-hydrogen) atoms. The molecule has 2 N–H and O–H groups in total. The molecule has 0 bridgehead atoms. The summed E-state index contributed by atoms with van der Waals surface area (Å²) in [5.74, 6) is -0.0412. The average Bonchev–Trinajstić information content (AvgIpc) is 3.26. The highest BCUT2D eigenvalue weighted by atomic mass is 31.2. The Labute approximate surface area is 201 Å². The van der Waals surface area contributed by atoms with Crippen LogP contribution in [0.25, 0.3) is 0 Å². The van der Waals surface area contributed by atoms with E-state index in [-0.39, 0.29) is 5.91 Å². The van der Waals surface area contributed by atoms with Crippen molar-refractivity contribution in [3.63, 3.8) is 0 Å². The maximum atomic E-state index is 13.1. The minimum Gasteiger partial charge on any atom is -0.423 e. The Morgan fingerprint density at radius 2 is 1.35 bits per heavy atom. The molecule has 0 saturated carbocycles. The van der Waals surface area contributed by atoms with Crippen LogP contribution in [0, 0.1) is 0 Å². The first-order valence-corrected chi connectivity index (χ1v) is 13.4. The van der Waals surface area contributed by atoms with Gasteiger partial charge in [-0.2, -0.15) is 0 Å².